The van der Waals surface area contributed by atoms with Crippen LogP contribution < -0.4 is 51.4 Å². The van der Waals surface area contributed by atoms with E-state index in [1.54, 1.807) is 0 Å². The third-order valence-electron chi connectivity index (χ3n) is 0. The fourth-order valence-electron chi connectivity index (χ4n) is 0. The maximum Gasteiger partial charge on any atom is 2.00 e. The second kappa shape index (κ2) is 7.06. The van der Waals surface area contributed by atoms with Gasteiger partial charge < -0.3 is 23.5 Å². The minimum absolute atomic E-state index is 0. The van der Waals surface area contributed by atoms with E-state index < -0.39 is 9.05 Å². The largest absolute Gasteiger partial charge is 2.00 e. The van der Waals surface area contributed by atoms with Crippen molar-refractivity contribution in [3.8, 4) is 0 Å². The van der Waals surface area contributed by atoms with Gasteiger partial charge in [-0.05, 0) is 0 Å². The first-order valence-corrected chi connectivity index (χ1v) is 2.68. The number of hydrogen-bond donors (Lipinski definition) is 4. The second-order valence-corrected chi connectivity index (χ2v) is 1.80. The third kappa shape index (κ3) is 49.6. The van der Waals surface area contributed by atoms with Crippen LogP contribution in [0.1, 0.15) is 4.28 Å². The Morgan fingerprint density at radius 3 is 1.00 bits per heavy atom. The Morgan fingerprint density at radius 1 is 1.00 bits per heavy atom. The molecule has 0 aromatic rings. The van der Waals surface area contributed by atoms with Crippen LogP contribution in [0.25, 0.3) is 0 Å². The van der Waals surface area contributed by atoms with E-state index in [2.05, 4.69) is 0 Å². The molecule has 4 N–H and O–H groups in total. The molecule has 0 atom stereocenters. The molecule has 0 fully saturated rings. The predicted molar refractivity (Wildman–Crippen MR) is 23.7 cm³/mol. The molecule has 0 saturated carbocycles. The van der Waals surface area contributed by atoms with Gasteiger partial charge in [-0.25, -0.2) is 0 Å². The molecule has 0 amide bonds. The molecule has 0 rings (SSSR count). The zero-order valence-electron chi connectivity index (χ0n) is 7.00. The van der Waals surface area contributed by atoms with Crippen molar-refractivity contribution in [3.05, 3.63) is 0 Å². The van der Waals surface area contributed by atoms with Gasteiger partial charge in [-0.3, -0.25) is 0 Å². The van der Waals surface area contributed by atoms with E-state index >= 15 is 0 Å². The number of rotatable bonds is 0. The van der Waals surface area contributed by atoms with Crippen molar-refractivity contribution >= 4 is 46.8 Å². The first-order chi connectivity index (χ1) is 2.00. The Morgan fingerprint density at radius 2 is 1.00 bits per heavy atom. The van der Waals surface area contributed by atoms with Crippen molar-refractivity contribution in [2.24, 2.45) is 0 Å². The summed E-state index contributed by atoms with van der Waals surface area (Å²) in [5, 5.41) is 0. The molecule has 0 aliphatic heterocycles. The van der Waals surface area contributed by atoms with Crippen LogP contribution >= 0.6 is 0 Å². The molecule has 0 aromatic heterocycles. The van der Waals surface area contributed by atoms with Crippen molar-refractivity contribution < 1.29 is 74.8 Å². The molecule has 4 nitrogen and oxygen atoms in total. The Labute approximate surface area is 119 Å². The molecule has 0 radical (unpaired) electrons. The average molecular weight is 178 g/mol. The topological polar surface area (TPSA) is 80.9 Å². The van der Waals surface area contributed by atoms with Crippen molar-refractivity contribution in [2.45, 2.75) is 0 Å². The summed E-state index contributed by atoms with van der Waals surface area (Å²) in [7, 11) is -4.61. The third-order valence-corrected chi connectivity index (χ3v) is 0. The van der Waals surface area contributed by atoms with Crippen LogP contribution in [0, 0.1) is 0 Å². The van der Waals surface area contributed by atoms with E-state index in [4.69, 9.17) is 19.2 Å². The van der Waals surface area contributed by atoms with Crippen molar-refractivity contribution in [1.29, 1.82) is 0 Å². The molecule has 0 saturated heterocycles. The van der Waals surface area contributed by atoms with Crippen LogP contribution in [-0.4, -0.2) is 66.0 Å². The Hall–Kier alpha value is 2.95. The first kappa shape index (κ1) is 16.5. The summed E-state index contributed by atoms with van der Waals surface area (Å²) in [6.07, 6.45) is 0. The van der Waals surface area contributed by atoms with Crippen LogP contribution in [0.2, 0.25) is 0 Å². The molecule has 0 bridgehead atoms. The minimum Gasteiger partial charge on any atom is -1.00 e. The zero-order chi connectivity index (χ0) is 4.50. The van der Waals surface area contributed by atoms with Crippen molar-refractivity contribution in [3.63, 3.8) is 0 Å². The van der Waals surface area contributed by atoms with Gasteiger partial charge >= 0.3 is 98.2 Å². The Bertz CT molecular complexity index is 36.0. The molecule has 0 spiro atoms. The van der Waals surface area contributed by atoms with Crippen LogP contribution in [0.3, 0.4) is 0 Å². The fourth-order valence-corrected chi connectivity index (χ4v) is 0. The molecule has 7 heteroatoms. The summed E-state index contributed by atoms with van der Waals surface area (Å²) in [5.41, 5.74) is 0. The van der Waals surface area contributed by atoms with Crippen LogP contribution in [-0.2, 0) is 0 Å². The van der Waals surface area contributed by atoms with Crippen molar-refractivity contribution in [2.75, 3.05) is 0 Å². The van der Waals surface area contributed by atoms with Crippen LogP contribution in [0.15, 0.2) is 0 Å². The van der Waals surface area contributed by atoms with Gasteiger partial charge in [0.05, 0.1) is 0 Å². The Balaban J connectivity index is -0.00000000800. The summed E-state index contributed by atoms with van der Waals surface area (Å²) in [5.74, 6) is 0. The van der Waals surface area contributed by atoms with Crippen molar-refractivity contribution in [1.82, 2.24) is 0 Å². The van der Waals surface area contributed by atoms with Gasteiger partial charge in [0.2, 0.25) is 0 Å². The maximum atomic E-state index is 7.33. The van der Waals surface area contributed by atoms with E-state index in [1.807, 2.05) is 0 Å². The van der Waals surface area contributed by atoms with Crippen LogP contribution in [0.4, 0.5) is 0 Å². The summed E-state index contributed by atoms with van der Waals surface area (Å²) in [6, 6.07) is 0. The van der Waals surface area contributed by atoms with Gasteiger partial charge in [0.15, 0.2) is 0 Å². The van der Waals surface area contributed by atoms with E-state index in [1.165, 1.54) is 0 Å². The van der Waals surface area contributed by atoms with E-state index in [0.717, 1.165) is 0 Å². The maximum absolute atomic E-state index is 7.33. The van der Waals surface area contributed by atoms with Crippen LogP contribution in [0.5, 0.6) is 0 Å². The summed E-state index contributed by atoms with van der Waals surface area (Å²) < 4.78 is 0. The predicted octanol–water partition coefficient (Wildman–Crippen LogP) is -5.65. The standard InChI is InChI=1S/Ca.K.H4O4Si.3H/c;;1-5(2,3)4;;;/h;;1-4H;;;/q+2;+1;;3*-1. The normalized spacial score (nSPS) is 8.57. The minimum atomic E-state index is -4.61. The summed E-state index contributed by atoms with van der Waals surface area (Å²) in [6.45, 7) is 0. The van der Waals surface area contributed by atoms with Gasteiger partial charge in [0, 0.05) is 0 Å². The molecule has 38 valence electrons. The van der Waals surface area contributed by atoms with Gasteiger partial charge in [-0.15, -0.1) is 0 Å². The molecule has 7 heavy (non-hydrogen) atoms. The van der Waals surface area contributed by atoms with Gasteiger partial charge in [0.1, 0.15) is 0 Å². The molecular weight excluding hydrogens is 171 g/mol. The summed E-state index contributed by atoms with van der Waals surface area (Å²) >= 11 is 0. The molecule has 0 unspecified atom stereocenters. The summed E-state index contributed by atoms with van der Waals surface area (Å²) in [4.78, 5) is 29.3. The van der Waals surface area contributed by atoms with E-state index in [-0.39, 0.29) is 93.4 Å². The SMILES string of the molecule is O[Si](O)(O)O.[Ca+2].[H-].[H-].[H-].[K+]. The quantitative estimate of drug-likeness (QED) is 0.279. The average Bonchev–Trinajstić information content (AvgIpc) is 0.722. The molecule has 0 aliphatic carbocycles. The monoisotopic (exact) mass is 178 g/mol. The van der Waals surface area contributed by atoms with E-state index in [9.17, 15) is 0 Å². The fraction of sp³-hybridized carbons (Fsp3) is 0. The van der Waals surface area contributed by atoms with Gasteiger partial charge in [-0.1, -0.05) is 0 Å². The smallest absolute Gasteiger partial charge is 1.00 e. The van der Waals surface area contributed by atoms with E-state index in [0.29, 0.717) is 0 Å². The molecule has 0 heterocycles. The molecule has 0 aromatic carbocycles. The zero-order valence-corrected chi connectivity index (χ0v) is 10.3. The first-order valence-electron chi connectivity index (χ1n) is 0.894. The number of hydrogen-bond acceptors (Lipinski definition) is 4. The van der Waals surface area contributed by atoms with Gasteiger partial charge in [0.25, 0.3) is 0 Å². The Kier molecular flexibility index (Phi) is 16.7. The molecular formula is H7CaKO4Si. The van der Waals surface area contributed by atoms with Gasteiger partial charge in [-0.2, -0.15) is 0 Å². The second-order valence-electron chi connectivity index (χ2n) is 0.600. The molecule has 0 aliphatic rings.